The average molecular weight is 402 g/mol. The number of hydrogen-bond donors (Lipinski definition) is 0. The summed E-state index contributed by atoms with van der Waals surface area (Å²) in [5.41, 5.74) is 1.83. The lowest BCUT2D eigenvalue weighted by Crippen LogP contribution is -2.47. The van der Waals surface area contributed by atoms with Crippen molar-refractivity contribution in [3.8, 4) is 0 Å². The number of nitrogens with zero attached hydrogens (tertiary/aromatic N) is 2. The minimum atomic E-state index is -0.277. The molecule has 21 heavy (non-hydrogen) atoms. The second-order valence-corrected chi connectivity index (χ2v) is 7.00. The number of rotatable bonds is 4. The van der Waals surface area contributed by atoms with Crippen LogP contribution in [0.5, 0.6) is 0 Å². The quantitative estimate of drug-likeness (QED) is 0.573. The van der Waals surface area contributed by atoms with Crippen molar-refractivity contribution >= 4 is 34.2 Å². The number of anilines is 1. The molecule has 0 N–H and O–H groups in total. The second-order valence-electron chi connectivity index (χ2n) is 5.84. The van der Waals surface area contributed by atoms with Crippen molar-refractivity contribution in [3.63, 3.8) is 0 Å². The summed E-state index contributed by atoms with van der Waals surface area (Å²) in [4.78, 5) is 16.5. The van der Waals surface area contributed by atoms with E-state index in [1.165, 1.54) is 19.3 Å². The van der Waals surface area contributed by atoms with Gasteiger partial charge in [0.1, 0.15) is 0 Å². The van der Waals surface area contributed by atoms with Gasteiger partial charge in [0.15, 0.2) is 0 Å². The third kappa shape index (κ3) is 4.32. The van der Waals surface area contributed by atoms with Crippen LogP contribution in [0.2, 0.25) is 0 Å². The van der Waals surface area contributed by atoms with Crippen molar-refractivity contribution in [2.45, 2.75) is 13.8 Å². The SMILES string of the molecule is COC(=O)c1ccc(N2CCN(CC(C)C)CC2)c(I)c1. The fourth-order valence-electron chi connectivity index (χ4n) is 2.70. The molecular formula is C16H23IN2O2. The first kappa shape index (κ1) is 16.5. The van der Waals surface area contributed by atoms with Crippen LogP contribution in [-0.2, 0) is 4.74 Å². The maximum Gasteiger partial charge on any atom is 0.337 e. The molecule has 0 aliphatic carbocycles. The Bertz CT molecular complexity index is 497. The van der Waals surface area contributed by atoms with Crippen molar-refractivity contribution in [2.24, 2.45) is 5.92 Å². The molecule has 0 saturated carbocycles. The van der Waals surface area contributed by atoms with Crippen LogP contribution in [0.3, 0.4) is 0 Å². The predicted octanol–water partition coefficient (Wildman–Crippen LogP) is 2.86. The molecular weight excluding hydrogens is 379 g/mol. The summed E-state index contributed by atoms with van der Waals surface area (Å²) in [7, 11) is 1.41. The highest BCUT2D eigenvalue weighted by atomic mass is 127. The number of esters is 1. The molecule has 0 spiro atoms. The van der Waals surface area contributed by atoms with Gasteiger partial charge in [0, 0.05) is 36.3 Å². The lowest BCUT2D eigenvalue weighted by molar-refractivity contribution is 0.0600. The summed E-state index contributed by atoms with van der Waals surface area (Å²) in [6.45, 7) is 9.99. The Morgan fingerprint density at radius 1 is 1.29 bits per heavy atom. The van der Waals surface area contributed by atoms with E-state index < -0.39 is 0 Å². The zero-order valence-electron chi connectivity index (χ0n) is 12.9. The van der Waals surface area contributed by atoms with E-state index in [2.05, 4.69) is 46.2 Å². The zero-order valence-corrected chi connectivity index (χ0v) is 15.1. The van der Waals surface area contributed by atoms with Gasteiger partial charge in [0.2, 0.25) is 0 Å². The van der Waals surface area contributed by atoms with E-state index in [4.69, 9.17) is 4.74 Å². The summed E-state index contributed by atoms with van der Waals surface area (Å²) < 4.78 is 5.87. The first-order valence-corrected chi connectivity index (χ1v) is 8.44. The van der Waals surface area contributed by atoms with Crippen molar-refractivity contribution in [2.75, 3.05) is 44.7 Å². The van der Waals surface area contributed by atoms with Gasteiger partial charge in [-0.25, -0.2) is 4.79 Å². The predicted molar refractivity (Wildman–Crippen MR) is 94.0 cm³/mol. The highest BCUT2D eigenvalue weighted by Gasteiger charge is 2.20. The summed E-state index contributed by atoms with van der Waals surface area (Å²) in [6.07, 6.45) is 0. The monoisotopic (exact) mass is 402 g/mol. The van der Waals surface area contributed by atoms with Crippen LogP contribution < -0.4 is 4.90 Å². The third-order valence-electron chi connectivity index (χ3n) is 3.71. The molecule has 0 bridgehead atoms. The standard InChI is InChI=1S/C16H23IN2O2/c1-12(2)11-18-6-8-19(9-7-18)15-5-4-13(10-14(15)17)16(20)21-3/h4-5,10,12H,6-9,11H2,1-3H3. The Labute approximate surface area is 140 Å². The van der Waals surface area contributed by atoms with Crippen LogP contribution in [0, 0.1) is 9.49 Å². The van der Waals surface area contributed by atoms with E-state index in [-0.39, 0.29) is 5.97 Å². The normalized spacial score (nSPS) is 16.3. The maximum absolute atomic E-state index is 11.6. The van der Waals surface area contributed by atoms with Crippen molar-refractivity contribution < 1.29 is 9.53 Å². The zero-order chi connectivity index (χ0) is 15.4. The average Bonchev–Trinajstić information content (AvgIpc) is 2.47. The van der Waals surface area contributed by atoms with Gasteiger partial charge >= 0.3 is 5.97 Å². The largest absolute Gasteiger partial charge is 0.465 e. The van der Waals surface area contributed by atoms with Crippen molar-refractivity contribution in [1.29, 1.82) is 0 Å². The number of carbonyl (C=O) groups is 1. The second kappa shape index (κ2) is 7.45. The van der Waals surface area contributed by atoms with E-state index in [1.54, 1.807) is 0 Å². The van der Waals surface area contributed by atoms with Gasteiger partial charge in [-0.2, -0.15) is 0 Å². The molecule has 2 rings (SSSR count). The van der Waals surface area contributed by atoms with Crippen LogP contribution in [0.4, 0.5) is 5.69 Å². The number of benzene rings is 1. The Kier molecular flexibility index (Phi) is 5.87. The van der Waals surface area contributed by atoms with Gasteiger partial charge in [0.25, 0.3) is 0 Å². The van der Waals surface area contributed by atoms with E-state index in [1.807, 2.05) is 18.2 Å². The molecule has 5 heteroatoms. The smallest absolute Gasteiger partial charge is 0.337 e. The van der Waals surface area contributed by atoms with Crippen molar-refractivity contribution in [1.82, 2.24) is 4.90 Å². The molecule has 0 amide bonds. The summed E-state index contributed by atoms with van der Waals surface area (Å²) >= 11 is 2.30. The Morgan fingerprint density at radius 3 is 2.48 bits per heavy atom. The third-order valence-corrected chi connectivity index (χ3v) is 4.57. The number of methoxy groups -OCH3 is 1. The first-order chi connectivity index (χ1) is 10.0. The summed E-state index contributed by atoms with van der Waals surface area (Å²) in [5.74, 6) is 0.442. The number of ether oxygens (including phenoxy) is 1. The molecule has 1 aliphatic heterocycles. The molecule has 1 fully saturated rings. The molecule has 1 heterocycles. The Morgan fingerprint density at radius 2 is 1.95 bits per heavy atom. The van der Waals surface area contributed by atoms with Crippen LogP contribution in [0.15, 0.2) is 18.2 Å². The number of halogens is 1. The molecule has 116 valence electrons. The minimum absolute atomic E-state index is 0.277. The minimum Gasteiger partial charge on any atom is -0.465 e. The molecule has 0 unspecified atom stereocenters. The van der Waals surface area contributed by atoms with Gasteiger partial charge in [-0.15, -0.1) is 0 Å². The summed E-state index contributed by atoms with van der Waals surface area (Å²) in [6, 6.07) is 5.79. The Hall–Kier alpha value is -0.820. The maximum atomic E-state index is 11.6. The van der Waals surface area contributed by atoms with Crippen LogP contribution in [-0.4, -0.2) is 50.7 Å². The first-order valence-electron chi connectivity index (χ1n) is 7.36. The fraction of sp³-hybridized carbons (Fsp3) is 0.562. The molecule has 0 atom stereocenters. The van der Waals surface area contributed by atoms with Gasteiger partial charge in [-0.3, -0.25) is 4.90 Å². The topological polar surface area (TPSA) is 32.8 Å². The Balaban J connectivity index is 2.02. The molecule has 4 nitrogen and oxygen atoms in total. The lowest BCUT2D eigenvalue weighted by Gasteiger charge is -2.37. The highest BCUT2D eigenvalue weighted by Crippen LogP contribution is 2.25. The molecule has 1 saturated heterocycles. The van der Waals surface area contributed by atoms with Crippen molar-refractivity contribution in [3.05, 3.63) is 27.3 Å². The van der Waals surface area contributed by atoms with E-state index in [9.17, 15) is 4.79 Å². The number of carbonyl (C=O) groups excluding carboxylic acids is 1. The van der Waals surface area contributed by atoms with E-state index in [0.29, 0.717) is 5.56 Å². The molecule has 0 radical (unpaired) electrons. The van der Waals surface area contributed by atoms with Crippen LogP contribution >= 0.6 is 22.6 Å². The molecule has 1 aliphatic rings. The highest BCUT2D eigenvalue weighted by molar-refractivity contribution is 14.1. The molecule has 0 aromatic heterocycles. The number of piperazine rings is 1. The van der Waals surface area contributed by atoms with E-state index >= 15 is 0 Å². The van der Waals surface area contributed by atoms with Gasteiger partial charge < -0.3 is 9.64 Å². The van der Waals surface area contributed by atoms with Gasteiger partial charge in [-0.1, -0.05) is 13.8 Å². The van der Waals surface area contributed by atoms with E-state index in [0.717, 1.165) is 35.7 Å². The van der Waals surface area contributed by atoms with Crippen LogP contribution in [0.25, 0.3) is 0 Å². The summed E-state index contributed by atoms with van der Waals surface area (Å²) in [5, 5.41) is 0. The van der Waals surface area contributed by atoms with Gasteiger partial charge in [-0.05, 0) is 46.7 Å². The number of hydrogen-bond acceptors (Lipinski definition) is 4. The lowest BCUT2D eigenvalue weighted by atomic mass is 10.1. The molecule has 1 aromatic rings. The van der Waals surface area contributed by atoms with Gasteiger partial charge in [0.05, 0.1) is 18.4 Å². The fourth-order valence-corrected chi connectivity index (χ4v) is 3.55. The molecule has 1 aromatic carbocycles. The van der Waals surface area contributed by atoms with Crippen LogP contribution in [0.1, 0.15) is 24.2 Å².